The monoisotopic (exact) mass is 376 g/mol. The highest BCUT2D eigenvalue weighted by atomic mass is 32.2. The summed E-state index contributed by atoms with van der Waals surface area (Å²) in [7, 11) is 0.873. The van der Waals surface area contributed by atoms with Crippen LogP contribution in [0.4, 0.5) is 0 Å². The zero-order valence-corrected chi connectivity index (χ0v) is 16.0. The number of sulfone groups is 1. The Kier molecular flexibility index (Phi) is 6.27. The highest BCUT2D eigenvalue weighted by Crippen LogP contribution is 2.27. The fraction of sp³-hybridized carbons (Fsp3) is 0.786. The molecule has 1 fully saturated rings. The summed E-state index contributed by atoms with van der Waals surface area (Å²) in [6, 6.07) is -0.262. The van der Waals surface area contributed by atoms with Gasteiger partial charge in [-0.2, -0.15) is 0 Å². The number of hydrogen-bond acceptors (Lipinski definition) is 8. The summed E-state index contributed by atoms with van der Waals surface area (Å²) < 4.78 is 28.5. The van der Waals surface area contributed by atoms with E-state index >= 15 is 0 Å². The van der Waals surface area contributed by atoms with Gasteiger partial charge in [-0.15, -0.1) is 10.2 Å². The van der Waals surface area contributed by atoms with E-state index in [1.54, 1.807) is 6.92 Å². The van der Waals surface area contributed by atoms with Gasteiger partial charge in [0, 0.05) is 6.04 Å². The van der Waals surface area contributed by atoms with Crippen LogP contribution in [-0.2, 0) is 14.6 Å². The normalized spacial score (nSPS) is 22.5. The number of carbonyl (C=O) groups excluding carboxylic acids is 1. The van der Waals surface area contributed by atoms with E-state index in [0.717, 1.165) is 6.42 Å². The SMILES string of the molecule is CC[C@H](c1nnc(S[C@@H](C)C(=O)N[C@@H]2CCS(=O)(=O)C2)o1)N(C)C. The minimum Gasteiger partial charge on any atom is -0.414 e. The molecule has 1 aromatic rings. The average Bonchev–Trinajstić information content (AvgIpc) is 3.06. The third-order valence-electron chi connectivity index (χ3n) is 3.94. The van der Waals surface area contributed by atoms with Crippen molar-refractivity contribution in [2.75, 3.05) is 25.6 Å². The third-order valence-corrected chi connectivity index (χ3v) is 6.65. The van der Waals surface area contributed by atoms with E-state index in [9.17, 15) is 13.2 Å². The molecule has 1 aliphatic heterocycles. The van der Waals surface area contributed by atoms with Crippen LogP contribution in [-0.4, -0.2) is 66.3 Å². The topological polar surface area (TPSA) is 105 Å². The van der Waals surface area contributed by atoms with Crippen molar-refractivity contribution in [3.05, 3.63) is 5.89 Å². The minimum absolute atomic E-state index is 0.0157. The van der Waals surface area contributed by atoms with Gasteiger partial charge in [-0.3, -0.25) is 9.69 Å². The first kappa shape index (κ1) is 19.2. The van der Waals surface area contributed by atoms with Gasteiger partial charge in [0.1, 0.15) is 0 Å². The predicted octanol–water partition coefficient (Wildman–Crippen LogP) is 0.866. The number of thioether (sulfide) groups is 1. The number of nitrogens with one attached hydrogen (secondary N) is 1. The molecule has 0 radical (unpaired) electrons. The van der Waals surface area contributed by atoms with Crippen molar-refractivity contribution in [2.24, 2.45) is 0 Å². The summed E-state index contributed by atoms with van der Waals surface area (Å²) >= 11 is 1.18. The van der Waals surface area contributed by atoms with E-state index in [0.29, 0.717) is 17.5 Å². The number of carbonyl (C=O) groups is 1. The molecule has 1 N–H and O–H groups in total. The van der Waals surface area contributed by atoms with Crippen LogP contribution in [0.3, 0.4) is 0 Å². The fourth-order valence-electron chi connectivity index (χ4n) is 2.60. The Balaban J connectivity index is 1.91. The van der Waals surface area contributed by atoms with Crippen molar-refractivity contribution in [3.63, 3.8) is 0 Å². The standard InChI is InChI=1S/C14H24N4O4S2/c1-5-11(18(3)4)13-16-17-14(22-13)23-9(2)12(19)15-10-6-7-24(20,21)8-10/h9-11H,5-8H2,1-4H3,(H,15,19)/t9-,10+,11+/m0/s1. The van der Waals surface area contributed by atoms with E-state index in [1.165, 1.54) is 11.8 Å². The molecule has 24 heavy (non-hydrogen) atoms. The Morgan fingerprint density at radius 1 is 1.46 bits per heavy atom. The summed E-state index contributed by atoms with van der Waals surface area (Å²) in [5.74, 6) is 0.457. The summed E-state index contributed by atoms with van der Waals surface area (Å²) in [5.41, 5.74) is 0. The van der Waals surface area contributed by atoms with Crippen LogP contribution in [0.25, 0.3) is 0 Å². The molecule has 1 aromatic heterocycles. The highest BCUT2D eigenvalue weighted by Gasteiger charge is 2.30. The van der Waals surface area contributed by atoms with Crippen LogP contribution in [0.15, 0.2) is 9.64 Å². The molecule has 3 atom stereocenters. The molecule has 0 aromatic carbocycles. The molecule has 2 rings (SSSR count). The predicted molar refractivity (Wildman–Crippen MR) is 91.5 cm³/mol. The van der Waals surface area contributed by atoms with E-state index in [2.05, 4.69) is 15.5 Å². The molecule has 1 aliphatic rings. The minimum atomic E-state index is -3.01. The van der Waals surface area contributed by atoms with Gasteiger partial charge in [-0.1, -0.05) is 18.7 Å². The zero-order chi connectivity index (χ0) is 17.9. The first-order chi connectivity index (χ1) is 11.2. The molecule has 1 saturated heterocycles. The second kappa shape index (κ2) is 7.83. The Labute approximate surface area is 146 Å². The maximum absolute atomic E-state index is 12.2. The first-order valence-electron chi connectivity index (χ1n) is 7.89. The van der Waals surface area contributed by atoms with Crippen molar-refractivity contribution in [3.8, 4) is 0 Å². The molecule has 8 nitrogen and oxygen atoms in total. The highest BCUT2D eigenvalue weighted by molar-refractivity contribution is 8.00. The molecule has 0 bridgehead atoms. The molecular formula is C14H24N4O4S2. The van der Waals surface area contributed by atoms with Gasteiger partial charge in [0.25, 0.3) is 5.22 Å². The van der Waals surface area contributed by atoms with Crippen molar-refractivity contribution in [1.82, 2.24) is 20.4 Å². The molecule has 2 heterocycles. The third kappa shape index (κ3) is 4.93. The average molecular weight is 377 g/mol. The van der Waals surface area contributed by atoms with Crippen LogP contribution in [0.5, 0.6) is 0 Å². The number of hydrogen-bond donors (Lipinski definition) is 1. The van der Waals surface area contributed by atoms with Crippen molar-refractivity contribution in [2.45, 2.75) is 49.2 Å². The van der Waals surface area contributed by atoms with Crippen molar-refractivity contribution < 1.29 is 17.6 Å². The smallest absolute Gasteiger partial charge is 0.277 e. The lowest BCUT2D eigenvalue weighted by Crippen LogP contribution is -2.39. The summed E-state index contributed by atoms with van der Waals surface area (Å²) in [6.07, 6.45) is 1.31. The number of rotatable bonds is 7. The fourth-order valence-corrected chi connectivity index (χ4v) is 4.97. The van der Waals surface area contributed by atoms with E-state index in [4.69, 9.17) is 4.42 Å². The van der Waals surface area contributed by atoms with E-state index in [1.807, 2.05) is 25.9 Å². The largest absolute Gasteiger partial charge is 0.414 e. The molecule has 0 unspecified atom stereocenters. The van der Waals surface area contributed by atoms with Crippen LogP contribution < -0.4 is 5.32 Å². The van der Waals surface area contributed by atoms with Crippen LogP contribution in [0, 0.1) is 0 Å². The number of nitrogens with zero attached hydrogens (tertiary/aromatic N) is 3. The Morgan fingerprint density at radius 3 is 2.71 bits per heavy atom. The Morgan fingerprint density at radius 2 is 2.17 bits per heavy atom. The van der Waals surface area contributed by atoms with Crippen LogP contribution >= 0.6 is 11.8 Å². The second-order valence-electron chi connectivity index (χ2n) is 6.16. The molecule has 0 saturated carbocycles. The van der Waals surface area contributed by atoms with E-state index in [-0.39, 0.29) is 29.5 Å². The lowest BCUT2D eigenvalue weighted by Gasteiger charge is -2.18. The maximum atomic E-state index is 12.2. The quantitative estimate of drug-likeness (QED) is 0.699. The van der Waals surface area contributed by atoms with Gasteiger partial charge in [0.2, 0.25) is 11.8 Å². The molecule has 10 heteroatoms. The molecule has 136 valence electrons. The summed E-state index contributed by atoms with van der Waals surface area (Å²) in [5, 5.41) is 10.7. The van der Waals surface area contributed by atoms with Gasteiger partial charge < -0.3 is 9.73 Å². The second-order valence-corrected chi connectivity index (χ2v) is 9.68. The molecular weight excluding hydrogens is 352 g/mol. The zero-order valence-electron chi connectivity index (χ0n) is 14.4. The first-order valence-corrected chi connectivity index (χ1v) is 10.6. The molecule has 0 aliphatic carbocycles. The summed E-state index contributed by atoms with van der Waals surface area (Å²) in [4.78, 5) is 14.2. The van der Waals surface area contributed by atoms with Gasteiger partial charge in [-0.05, 0) is 33.9 Å². The van der Waals surface area contributed by atoms with Gasteiger partial charge in [-0.25, -0.2) is 8.42 Å². The summed E-state index contributed by atoms with van der Waals surface area (Å²) in [6.45, 7) is 3.77. The van der Waals surface area contributed by atoms with Gasteiger partial charge in [0.15, 0.2) is 9.84 Å². The van der Waals surface area contributed by atoms with Crippen LogP contribution in [0.1, 0.15) is 38.6 Å². The lowest BCUT2D eigenvalue weighted by atomic mass is 10.2. The van der Waals surface area contributed by atoms with Crippen molar-refractivity contribution >= 4 is 27.5 Å². The van der Waals surface area contributed by atoms with E-state index < -0.39 is 15.1 Å². The number of amides is 1. The molecule has 1 amide bonds. The van der Waals surface area contributed by atoms with Gasteiger partial charge in [0.05, 0.1) is 22.8 Å². The Bertz CT molecular complexity index is 674. The maximum Gasteiger partial charge on any atom is 0.277 e. The van der Waals surface area contributed by atoms with Crippen molar-refractivity contribution in [1.29, 1.82) is 0 Å². The lowest BCUT2D eigenvalue weighted by molar-refractivity contribution is -0.120. The molecule has 0 spiro atoms. The van der Waals surface area contributed by atoms with Crippen LogP contribution in [0.2, 0.25) is 0 Å². The number of aromatic nitrogens is 2. The van der Waals surface area contributed by atoms with Gasteiger partial charge >= 0.3 is 0 Å². The Hall–Kier alpha value is -1.13.